The Labute approximate surface area is 56.9 Å². The van der Waals surface area contributed by atoms with Crippen molar-refractivity contribution in [1.29, 1.82) is 0 Å². The first-order chi connectivity index (χ1) is 0. The third-order valence-electron chi connectivity index (χ3n) is 0. The van der Waals surface area contributed by atoms with Crippen LogP contribution in [0.5, 0.6) is 0 Å². The molecule has 0 aliphatic heterocycles. The first kappa shape index (κ1) is 54.3. The average Bonchev–Trinajstić information content (AvgIpc) is 0. The number of hydrogen-bond donors (Lipinski definition) is 0. The molecule has 0 radical (unpaired) electrons. The van der Waals surface area contributed by atoms with Crippen LogP contribution in [0, 0.1) is 0 Å². The molecule has 0 nitrogen and oxygen atoms in total. The molecular weight excluding hydrogens is 392 g/mol. The van der Waals surface area contributed by atoms with Crippen molar-refractivity contribution in [3.05, 3.63) is 0 Å². The molecule has 0 heterocycles. The maximum atomic E-state index is 0. The van der Waals surface area contributed by atoms with Crippen LogP contribution in [0.4, 0.5) is 0 Å². The fourth-order valence-electron chi connectivity index (χ4n) is 0. The van der Waals surface area contributed by atoms with Gasteiger partial charge in [-0.25, -0.2) is 0 Å². The second-order valence-corrected chi connectivity index (χ2v) is 0. The van der Waals surface area contributed by atoms with Gasteiger partial charge in [-0.2, -0.15) is 0 Å². The zero-order valence-corrected chi connectivity index (χ0v) is 6.68. The number of rotatable bonds is 0. The fraction of sp³-hybridized carbons (Fsp3) is 1.00. The smallest absolute Gasteiger partial charge is 0 e. The van der Waals surface area contributed by atoms with Gasteiger partial charge in [0.15, 0.2) is 0 Å². The Hall–Kier alpha value is 1.38. The van der Waals surface area contributed by atoms with E-state index in [9.17, 15) is 0 Å². The largest absolute Gasteiger partial charge is 0.0776 e. The van der Waals surface area contributed by atoms with Crippen molar-refractivity contribution in [3.63, 3.8) is 0 Å². The predicted molar refractivity (Wildman–Crippen MR) is 13.5 cm³/mol. The van der Waals surface area contributed by atoms with Crippen LogP contribution in [0.1, 0.15) is 14.9 Å². The van der Waals surface area contributed by atoms with Crippen molar-refractivity contribution in [2.24, 2.45) is 0 Å². The van der Waals surface area contributed by atoms with Crippen molar-refractivity contribution < 1.29 is 42.1 Å². The minimum Gasteiger partial charge on any atom is -0.0776 e. The Morgan fingerprint density at radius 3 is 0.500 bits per heavy atom. The van der Waals surface area contributed by atoms with Gasteiger partial charge in [-0.05, 0) is 0 Å². The quantitative estimate of drug-likeness (QED) is 0.575. The van der Waals surface area contributed by atoms with E-state index >= 15 is 0 Å². The van der Waals surface area contributed by atoms with Gasteiger partial charge in [0.05, 0.1) is 0 Å². The molecule has 0 bridgehead atoms. The summed E-state index contributed by atoms with van der Waals surface area (Å²) in [6.45, 7) is 0. The summed E-state index contributed by atoms with van der Waals surface area (Å²) in [5.74, 6) is 0. The Bertz CT molecular complexity index is 4.00. The van der Waals surface area contributed by atoms with E-state index in [0.717, 1.165) is 0 Å². The molecule has 0 aromatic carbocycles. The molecule has 0 rings (SSSR count). The predicted octanol–water partition coefficient (Wildman–Crippen LogP) is 1.27. The van der Waals surface area contributed by atoms with E-state index in [4.69, 9.17) is 0 Å². The van der Waals surface area contributed by atoms with Crippen LogP contribution in [-0.4, -0.2) is 0 Å². The third kappa shape index (κ3) is 10.1. The van der Waals surface area contributed by atoms with Gasteiger partial charge in [0.25, 0.3) is 0 Å². The normalized spacial score (nSPS) is 0. The second kappa shape index (κ2) is 26.3. The van der Waals surface area contributed by atoms with E-state index in [2.05, 4.69) is 0 Å². The van der Waals surface area contributed by atoms with Crippen molar-refractivity contribution in [1.82, 2.24) is 0 Å². The first-order valence-electron chi connectivity index (χ1n) is 0. The summed E-state index contributed by atoms with van der Waals surface area (Å²) in [6.07, 6.45) is 0. The molecule has 2 heteroatoms. The SMILES string of the molecule is C.C.[W].[W]. The summed E-state index contributed by atoms with van der Waals surface area (Å²) in [4.78, 5) is 0. The summed E-state index contributed by atoms with van der Waals surface area (Å²) in [5, 5.41) is 0. The minimum atomic E-state index is 0. The van der Waals surface area contributed by atoms with Crippen LogP contribution in [0.2, 0.25) is 0 Å². The van der Waals surface area contributed by atoms with E-state index < -0.39 is 0 Å². The Morgan fingerprint density at radius 1 is 0.500 bits per heavy atom. The summed E-state index contributed by atoms with van der Waals surface area (Å²) in [7, 11) is 0. The molecule has 0 saturated heterocycles. The topological polar surface area (TPSA) is 0 Å². The molecule has 0 aromatic rings. The monoisotopic (exact) mass is 400 g/mol. The minimum absolute atomic E-state index is 0. The Balaban J connectivity index is 0. The summed E-state index contributed by atoms with van der Waals surface area (Å²) >= 11 is 0. The van der Waals surface area contributed by atoms with Gasteiger partial charge in [-0.15, -0.1) is 0 Å². The maximum absolute atomic E-state index is 0. The Morgan fingerprint density at radius 2 is 0.500 bits per heavy atom. The standard InChI is InChI=1S/2CH4.2W/h2*1H4;;. The van der Waals surface area contributed by atoms with Crippen molar-refractivity contribution in [2.45, 2.75) is 14.9 Å². The van der Waals surface area contributed by atoms with Crippen molar-refractivity contribution in [3.8, 4) is 0 Å². The van der Waals surface area contributed by atoms with E-state index in [1.165, 1.54) is 0 Å². The Kier molecular flexibility index (Phi) is 358. The summed E-state index contributed by atoms with van der Waals surface area (Å²) in [5.41, 5.74) is 0. The van der Waals surface area contributed by atoms with Gasteiger partial charge in [0.1, 0.15) is 0 Å². The van der Waals surface area contributed by atoms with Crippen LogP contribution >= 0.6 is 0 Å². The molecule has 0 saturated carbocycles. The van der Waals surface area contributed by atoms with E-state index in [1.54, 1.807) is 0 Å². The molecule has 0 N–H and O–H groups in total. The first-order valence-corrected chi connectivity index (χ1v) is 0. The molecule has 0 aliphatic rings. The van der Waals surface area contributed by atoms with Gasteiger partial charge >= 0.3 is 0 Å². The molecule has 0 spiro atoms. The molecule has 0 aliphatic carbocycles. The van der Waals surface area contributed by atoms with Crippen molar-refractivity contribution in [2.75, 3.05) is 0 Å². The fourth-order valence-corrected chi connectivity index (χ4v) is 0. The van der Waals surface area contributed by atoms with Crippen molar-refractivity contribution >= 4 is 0 Å². The van der Waals surface area contributed by atoms with Crippen LogP contribution in [-0.2, 0) is 42.1 Å². The third-order valence-corrected chi connectivity index (χ3v) is 0. The molecule has 0 unspecified atom stereocenters. The molecule has 0 aromatic heterocycles. The number of hydrogen-bond acceptors (Lipinski definition) is 0. The average molecular weight is 400 g/mol. The molecule has 4 heavy (non-hydrogen) atoms. The molecule has 0 amide bonds. The molecule has 0 fully saturated rings. The summed E-state index contributed by atoms with van der Waals surface area (Å²) < 4.78 is 0. The van der Waals surface area contributed by atoms with Crippen LogP contribution in [0.25, 0.3) is 0 Å². The second-order valence-electron chi connectivity index (χ2n) is 0. The zero-order chi connectivity index (χ0) is 0. The van der Waals surface area contributed by atoms with Crippen LogP contribution < -0.4 is 0 Å². The maximum Gasteiger partial charge on any atom is 0 e. The van der Waals surface area contributed by atoms with Gasteiger partial charge in [0, 0.05) is 42.1 Å². The van der Waals surface area contributed by atoms with Crippen LogP contribution in [0.3, 0.4) is 0 Å². The van der Waals surface area contributed by atoms with Crippen LogP contribution in [0.15, 0.2) is 0 Å². The van der Waals surface area contributed by atoms with Gasteiger partial charge in [-0.1, -0.05) is 14.9 Å². The summed E-state index contributed by atoms with van der Waals surface area (Å²) in [6, 6.07) is 0. The van der Waals surface area contributed by atoms with E-state index in [-0.39, 0.29) is 57.0 Å². The molecule has 28 valence electrons. The van der Waals surface area contributed by atoms with E-state index in [0.29, 0.717) is 0 Å². The van der Waals surface area contributed by atoms with E-state index in [1.807, 2.05) is 0 Å². The van der Waals surface area contributed by atoms with Gasteiger partial charge in [0.2, 0.25) is 0 Å². The molecular formula is C2H8W2. The zero-order valence-electron chi connectivity index (χ0n) is 0.816. The van der Waals surface area contributed by atoms with Gasteiger partial charge in [-0.3, -0.25) is 0 Å². The van der Waals surface area contributed by atoms with Gasteiger partial charge < -0.3 is 0 Å². The molecule has 0 atom stereocenters.